The number of carbonyl (C=O) groups is 1. The molecule has 0 saturated carbocycles. The second-order valence-electron chi connectivity index (χ2n) is 5.42. The van der Waals surface area contributed by atoms with E-state index >= 15 is 0 Å². The van der Waals surface area contributed by atoms with Gasteiger partial charge < -0.3 is 15.4 Å². The van der Waals surface area contributed by atoms with Gasteiger partial charge in [-0.2, -0.15) is 5.10 Å². The first-order valence-electron chi connectivity index (χ1n) is 7.21. The molecule has 0 aromatic carbocycles. The lowest BCUT2D eigenvalue weighted by Crippen LogP contribution is -2.39. The van der Waals surface area contributed by atoms with Gasteiger partial charge in [0.25, 0.3) is 0 Å². The van der Waals surface area contributed by atoms with E-state index in [1.54, 1.807) is 7.11 Å². The fraction of sp³-hybridized carbons (Fsp3) is 0.714. The largest absolute Gasteiger partial charge is 0.382 e. The zero-order valence-electron chi connectivity index (χ0n) is 12.3. The zero-order chi connectivity index (χ0) is 14.5. The van der Waals surface area contributed by atoms with Crippen LogP contribution >= 0.6 is 0 Å². The van der Waals surface area contributed by atoms with Gasteiger partial charge in [0, 0.05) is 32.8 Å². The molecule has 0 bridgehead atoms. The molecule has 1 fully saturated rings. The van der Waals surface area contributed by atoms with Crippen molar-refractivity contribution in [3.8, 4) is 0 Å². The van der Waals surface area contributed by atoms with Crippen molar-refractivity contribution >= 4 is 11.7 Å². The second-order valence-corrected chi connectivity index (χ2v) is 5.42. The number of methoxy groups -OCH3 is 1. The van der Waals surface area contributed by atoms with E-state index in [2.05, 4.69) is 5.10 Å². The molecule has 1 aliphatic heterocycles. The van der Waals surface area contributed by atoms with Gasteiger partial charge in [-0.3, -0.25) is 9.48 Å². The summed E-state index contributed by atoms with van der Waals surface area (Å²) >= 11 is 0. The maximum absolute atomic E-state index is 12.1. The highest BCUT2D eigenvalue weighted by Gasteiger charge is 2.24. The average Bonchev–Trinajstić information content (AvgIpc) is 2.91. The molecule has 20 heavy (non-hydrogen) atoms. The molecule has 6 heteroatoms. The predicted molar refractivity (Wildman–Crippen MR) is 77.2 cm³/mol. The van der Waals surface area contributed by atoms with Crippen molar-refractivity contribution in [3.05, 3.63) is 12.3 Å². The number of hydrogen-bond donors (Lipinski definition) is 1. The molecule has 2 rings (SSSR count). The van der Waals surface area contributed by atoms with Gasteiger partial charge in [-0.05, 0) is 32.3 Å². The lowest BCUT2D eigenvalue weighted by molar-refractivity contribution is -0.133. The van der Waals surface area contributed by atoms with Crippen molar-refractivity contribution in [1.82, 2.24) is 14.7 Å². The SMILES string of the molecule is COC(C)CCC(=O)N1CCC(n2ccc(N)n2)CC1. The highest BCUT2D eigenvalue weighted by Crippen LogP contribution is 2.23. The smallest absolute Gasteiger partial charge is 0.222 e. The van der Waals surface area contributed by atoms with E-state index < -0.39 is 0 Å². The van der Waals surface area contributed by atoms with Crippen LogP contribution in [0.2, 0.25) is 0 Å². The minimum absolute atomic E-state index is 0.142. The van der Waals surface area contributed by atoms with Crippen molar-refractivity contribution < 1.29 is 9.53 Å². The Labute approximate surface area is 119 Å². The van der Waals surface area contributed by atoms with Crippen molar-refractivity contribution in [2.75, 3.05) is 25.9 Å². The lowest BCUT2D eigenvalue weighted by Gasteiger charge is -2.32. The van der Waals surface area contributed by atoms with Gasteiger partial charge in [-0.15, -0.1) is 0 Å². The quantitative estimate of drug-likeness (QED) is 0.886. The Kier molecular flexibility index (Phi) is 5.00. The summed E-state index contributed by atoms with van der Waals surface area (Å²) in [6.07, 6.45) is 5.28. The molecule has 0 aliphatic carbocycles. The third-order valence-electron chi connectivity index (χ3n) is 3.99. The van der Waals surface area contributed by atoms with Crippen LogP contribution in [0.5, 0.6) is 0 Å². The molecule has 112 valence electrons. The number of carbonyl (C=O) groups excluding carboxylic acids is 1. The maximum Gasteiger partial charge on any atom is 0.222 e. The number of aromatic nitrogens is 2. The van der Waals surface area contributed by atoms with Gasteiger partial charge in [0.15, 0.2) is 0 Å². The molecule has 1 aliphatic rings. The standard InChI is InChI=1S/C14H24N4O2/c1-11(20-2)3-4-14(19)17-8-5-12(6-9-17)18-10-7-13(15)16-18/h7,10-12H,3-6,8-9H2,1-2H3,(H2,15,16). The number of nitrogens with two attached hydrogens (primary N) is 1. The first-order valence-corrected chi connectivity index (χ1v) is 7.21. The lowest BCUT2D eigenvalue weighted by atomic mass is 10.0. The summed E-state index contributed by atoms with van der Waals surface area (Å²) < 4.78 is 7.09. The number of anilines is 1. The van der Waals surface area contributed by atoms with Gasteiger partial charge >= 0.3 is 0 Å². The molecule has 1 atom stereocenters. The van der Waals surface area contributed by atoms with Crippen LogP contribution in [0.3, 0.4) is 0 Å². The van der Waals surface area contributed by atoms with Crippen LogP contribution in [0.4, 0.5) is 5.82 Å². The monoisotopic (exact) mass is 280 g/mol. The third-order valence-corrected chi connectivity index (χ3v) is 3.99. The first kappa shape index (κ1) is 14.8. The summed E-state index contributed by atoms with van der Waals surface area (Å²) in [5, 5.41) is 4.25. The van der Waals surface area contributed by atoms with E-state index in [1.807, 2.05) is 28.8 Å². The Balaban J connectivity index is 1.77. The number of ether oxygens (including phenoxy) is 1. The Bertz CT molecular complexity index is 438. The fourth-order valence-corrected chi connectivity index (χ4v) is 2.54. The summed E-state index contributed by atoms with van der Waals surface area (Å²) in [6.45, 7) is 3.58. The normalized spacial score (nSPS) is 18.2. The molecule has 6 nitrogen and oxygen atoms in total. The Morgan fingerprint density at radius 3 is 2.80 bits per heavy atom. The molecular weight excluding hydrogens is 256 g/mol. The van der Waals surface area contributed by atoms with E-state index in [9.17, 15) is 4.79 Å². The number of piperidine rings is 1. The summed E-state index contributed by atoms with van der Waals surface area (Å²) in [5.74, 6) is 0.782. The third kappa shape index (κ3) is 3.72. The average molecular weight is 280 g/mol. The molecule has 0 radical (unpaired) electrons. The van der Waals surface area contributed by atoms with Crippen LogP contribution in [0.15, 0.2) is 12.3 Å². The zero-order valence-corrected chi connectivity index (χ0v) is 12.3. The molecule has 1 aromatic rings. The van der Waals surface area contributed by atoms with Gasteiger partial charge in [0.1, 0.15) is 5.82 Å². The number of nitrogen functional groups attached to an aromatic ring is 1. The first-order chi connectivity index (χ1) is 9.60. The molecule has 1 amide bonds. The van der Waals surface area contributed by atoms with Crippen molar-refractivity contribution in [1.29, 1.82) is 0 Å². The van der Waals surface area contributed by atoms with Crippen LogP contribution in [0.1, 0.15) is 38.6 Å². The molecule has 2 N–H and O–H groups in total. The maximum atomic E-state index is 12.1. The van der Waals surface area contributed by atoms with Crippen LogP contribution in [-0.4, -0.2) is 46.9 Å². The summed E-state index contributed by atoms with van der Waals surface area (Å²) in [4.78, 5) is 14.0. The van der Waals surface area contributed by atoms with Crippen LogP contribution < -0.4 is 5.73 Å². The number of hydrogen-bond acceptors (Lipinski definition) is 4. The highest BCUT2D eigenvalue weighted by molar-refractivity contribution is 5.76. The van der Waals surface area contributed by atoms with Crippen LogP contribution in [-0.2, 0) is 9.53 Å². The van der Waals surface area contributed by atoms with E-state index in [0.29, 0.717) is 18.3 Å². The Morgan fingerprint density at radius 2 is 2.25 bits per heavy atom. The number of nitrogens with zero attached hydrogens (tertiary/aromatic N) is 3. The molecular formula is C14H24N4O2. The number of likely N-dealkylation sites (tertiary alicyclic amines) is 1. The van der Waals surface area contributed by atoms with Gasteiger partial charge in [0.05, 0.1) is 12.1 Å². The molecule has 1 aromatic heterocycles. The van der Waals surface area contributed by atoms with E-state index in [-0.39, 0.29) is 12.0 Å². The number of rotatable bonds is 5. The predicted octanol–water partition coefficient (Wildman–Crippen LogP) is 1.44. The molecule has 1 unspecified atom stereocenters. The summed E-state index contributed by atoms with van der Waals surface area (Å²) in [5.41, 5.74) is 5.63. The van der Waals surface area contributed by atoms with Crippen LogP contribution in [0.25, 0.3) is 0 Å². The molecule has 1 saturated heterocycles. The fourth-order valence-electron chi connectivity index (χ4n) is 2.54. The molecule has 2 heterocycles. The van der Waals surface area contributed by atoms with Gasteiger partial charge in [0.2, 0.25) is 5.91 Å². The Hall–Kier alpha value is -1.56. The summed E-state index contributed by atoms with van der Waals surface area (Å²) in [6, 6.07) is 2.16. The minimum atomic E-state index is 0.142. The highest BCUT2D eigenvalue weighted by atomic mass is 16.5. The van der Waals surface area contributed by atoms with Gasteiger partial charge in [-0.1, -0.05) is 0 Å². The van der Waals surface area contributed by atoms with E-state index in [0.717, 1.165) is 32.4 Å². The van der Waals surface area contributed by atoms with Crippen molar-refractivity contribution in [2.24, 2.45) is 0 Å². The number of amides is 1. The van der Waals surface area contributed by atoms with Crippen LogP contribution in [0, 0.1) is 0 Å². The van der Waals surface area contributed by atoms with Crippen molar-refractivity contribution in [3.63, 3.8) is 0 Å². The topological polar surface area (TPSA) is 73.4 Å². The minimum Gasteiger partial charge on any atom is -0.382 e. The van der Waals surface area contributed by atoms with E-state index in [4.69, 9.17) is 10.5 Å². The summed E-state index contributed by atoms with van der Waals surface area (Å²) in [7, 11) is 1.68. The van der Waals surface area contributed by atoms with E-state index in [1.165, 1.54) is 0 Å². The molecule has 0 spiro atoms. The van der Waals surface area contributed by atoms with Gasteiger partial charge in [-0.25, -0.2) is 0 Å². The second kappa shape index (κ2) is 6.74. The van der Waals surface area contributed by atoms with Crippen molar-refractivity contribution in [2.45, 2.75) is 44.8 Å². The Morgan fingerprint density at radius 1 is 1.55 bits per heavy atom.